The molecule has 504 valence electrons. The van der Waals surface area contributed by atoms with Gasteiger partial charge in [-0.3, -0.25) is 0 Å². The van der Waals surface area contributed by atoms with E-state index in [1.54, 1.807) is 24.3 Å². The van der Waals surface area contributed by atoms with Crippen molar-refractivity contribution in [2.75, 3.05) is 0 Å². The first-order chi connectivity index (χ1) is 50.8. The lowest BCUT2D eigenvalue weighted by Crippen LogP contribution is -2.29. The van der Waals surface area contributed by atoms with Crippen LogP contribution in [0.1, 0.15) is 0 Å². The van der Waals surface area contributed by atoms with Gasteiger partial charge in [-0.15, -0.1) is 0 Å². The van der Waals surface area contributed by atoms with E-state index in [9.17, 15) is 10.0 Å². The first-order valence-electron chi connectivity index (χ1n) is 33.7. The summed E-state index contributed by atoms with van der Waals surface area (Å²) in [6.45, 7) is 0. The van der Waals surface area contributed by atoms with Crippen LogP contribution in [0.25, 0.3) is 127 Å². The number of aromatic nitrogens is 3. The van der Waals surface area contributed by atoms with E-state index in [0.717, 1.165) is 46.0 Å². The number of hydrogen-bond acceptors (Lipinski definition) is 4. The fraction of sp³-hybridized carbons (Fsp3) is 0. The molecule has 0 saturated carbocycles. The molecular formula is C90H64B2Br4IN3O4. The highest BCUT2D eigenvalue weighted by molar-refractivity contribution is 14.1. The monoisotopic (exact) mass is 1720 g/mol. The second-order valence-electron chi connectivity index (χ2n) is 24.7. The molecule has 104 heavy (non-hydrogen) atoms. The van der Waals surface area contributed by atoms with Crippen molar-refractivity contribution in [2.45, 2.75) is 0 Å². The molecule has 18 aromatic rings. The Morgan fingerprint density at radius 1 is 0.212 bits per heavy atom. The number of rotatable bonds is 9. The number of fused-ring (bicyclic) bond motifs is 9. The van der Waals surface area contributed by atoms with Crippen LogP contribution in [-0.2, 0) is 0 Å². The summed E-state index contributed by atoms with van der Waals surface area (Å²) in [4.78, 5) is 0. The van der Waals surface area contributed by atoms with Gasteiger partial charge in [-0.2, -0.15) is 0 Å². The standard InChI is InChI=1S/C48H32N2.C18H14BNO2.C12H8Br2.C6H5BBr2O2.C6H5I/c1-2-12-33(13-3-1)36-30-37(34-22-26-39(27-23-34)49-45-18-8-4-14-41(45)42-15-5-9-19-46(42)49)32-38(31-36)35-24-28-40(29-25-35)50-47-20-10-6-16-43(47)44-17-7-11-21-48(44)50;21-19(22)13-9-11-14(12-10-13)20-17-7-3-1-5-15(17)16-6-2-4-8-18(16)20;13-11-6-10(7-12(14)8-11)9-4-2-1-3-5-9;8-5-1-4(7(10)11)2-6(9)3-5;7-6-4-2-1-3-5-6/h1-32H;1-12,21-22H;1-8H;1-3,10-11H;1-5H. The fourth-order valence-corrected chi connectivity index (χ4v) is 16.3. The lowest BCUT2D eigenvalue weighted by molar-refractivity contribution is 0.424. The molecule has 0 unspecified atom stereocenters. The van der Waals surface area contributed by atoms with Crippen LogP contribution in [0.4, 0.5) is 0 Å². The Balaban J connectivity index is 0.000000137. The highest BCUT2D eigenvalue weighted by atomic mass is 127. The van der Waals surface area contributed by atoms with Gasteiger partial charge in [0, 0.05) is 70.8 Å². The molecule has 18 rings (SSSR count). The van der Waals surface area contributed by atoms with E-state index < -0.39 is 14.2 Å². The lowest BCUT2D eigenvalue weighted by Gasteiger charge is -2.14. The van der Waals surface area contributed by atoms with Crippen LogP contribution in [0.15, 0.2) is 382 Å². The summed E-state index contributed by atoms with van der Waals surface area (Å²) in [5.41, 5.74) is 21.1. The molecule has 0 aliphatic heterocycles. The molecule has 0 spiro atoms. The largest absolute Gasteiger partial charge is 0.488 e. The van der Waals surface area contributed by atoms with Crippen molar-refractivity contribution in [3.05, 3.63) is 385 Å². The van der Waals surface area contributed by atoms with Crippen LogP contribution >= 0.6 is 86.3 Å². The van der Waals surface area contributed by atoms with Crippen molar-refractivity contribution in [3.8, 4) is 61.6 Å². The van der Waals surface area contributed by atoms with Crippen molar-refractivity contribution in [1.82, 2.24) is 13.7 Å². The van der Waals surface area contributed by atoms with Crippen LogP contribution in [-0.4, -0.2) is 48.0 Å². The summed E-state index contributed by atoms with van der Waals surface area (Å²) in [6, 6.07) is 126. The van der Waals surface area contributed by atoms with Gasteiger partial charge >= 0.3 is 14.2 Å². The van der Waals surface area contributed by atoms with E-state index in [1.165, 1.54) is 102 Å². The summed E-state index contributed by atoms with van der Waals surface area (Å²) < 4.78 is 12.0. The summed E-state index contributed by atoms with van der Waals surface area (Å²) >= 11 is 15.7. The highest BCUT2D eigenvalue weighted by Crippen LogP contribution is 2.39. The van der Waals surface area contributed by atoms with Crippen molar-refractivity contribution in [1.29, 1.82) is 0 Å². The van der Waals surface area contributed by atoms with E-state index in [0.29, 0.717) is 10.9 Å². The molecule has 0 atom stereocenters. The molecule has 3 aromatic heterocycles. The third-order valence-corrected chi connectivity index (χ3v) is 20.6. The molecule has 3 heterocycles. The average molecular weight is 1720 g/mol. The smallest absolute Gasteiger partial charge is 0.423 e. The van der Waals surface area contributed by atoms with Crippen molar-refractivity contribution in [2.24, 2.45) is 0 Å². The van der Waals surface area contributed by atoms with Gasteiger partial charge in [0.25, 0.3) is 0 Å². The molecule has 0 fully saturated rings. The number of benzene rings is 15. The van der Waals surface area contributed by atoms with Gasteiger partial charge in [-0.1, -0.05) is 288 Å². The third kappa shape index (κ3) is 16.2. The Morgan fingerprint density at radius 3 is 0.712 bits per heavy atom. The molecular weight excluding hydrogens is 1660 g/mol. The number of para-hydroxylation sites is 6. The number of nitrogens with zero attached hydrogens (tertiary/aromatic N) is 3. The number of halogens is 5. The summed E-state index contributed by atoms with van der Waals surface area (Å²) in [5.74, 6) is 0. The zero-order valence-electron chi connectivity index (χ0n) is 55.8. The first-order valence-corrected chi connectivity index (χ1v) is 37.9. The summed E-state index contributed by atoms with van der Waals surface area (Å²) in [6.07, 6.45) is 0. The maximum Gasteiger partial charge on any atom is 0.488 e. The highest BCUT2D eigenvalue weighted by Gasteiger charge is 2.18. The van der Waals surface area contributed by atoms with E-state index in [-0.39, 0.29) is 0 Å². The molecule has 4 N–H and O–H groups in total. The zero-order valence-corrected chi connectivity index (χ0v) is 64.3. The normalized spacial score (nSPS) is 10.9. The Morgan fingerprint density at radius 2 is 0.442 bits per heavy atom. The Kier molecular flexibility index (Phi) is 22.6. The molecule has 7 nitrogen and oxygen atoms in total. The lowest BCUT2D eigenvalue weighted by atomic mass is 9.80. The molecule has 0 aliphatic carbocycles. The molecule has 15 aromatic carbocycles. The van der Waals surface area contributed by atoms with Gasteiger partial charge in [0.15, 0.2) is 0 Å². The maximum absolute atomic E-state index is 9.24. The SMILES string of the molecule is Brc1cc(Br)cc(-c2ccccc2)c1.Ic1ccccc1.OB(O)c1cc(Br)cc(Br)c1.OB(O)c1ccc(-n2c3ccccc3c3ccccc32)cc1.c1ccc(-c2cc(-c3ccc(-n4c5ccccc5c5ccccc54)cc3)cc(-c3ccc(-n4c5ccccc5c5ccccc54)cc3)c2)cc1. The predicted octanol–water partition coefficient (Wildman–Crippen LogP) is 23.4. The van der Waals surface area contributed by atoms with Gasteiger partial charge in [0.1, 0.15) is 0 Å². The van der Waals surface area contributed by atoms with E-state index >= 15 is 0 Å². The van der Waals surface area contributed by atoms with E-state index in [2.05, 4.69) is 355 Å². The molecule has 14 heteroatoms. The van der Waals surface area contributed by atoms with Crippen LogP contribution < -0.4 is 10.9 Å². The zero-order chi connectivity index (χ0) is 71.6. The summed E-state index contributed by atoms with van der Waals surface area (Å²) in [5, 5.41) is 43.6. The molecule has 0 radical (unpaired) electrons. The topological polar surface area (TPSA) is 95.7 Å². The van der Waals surface area contributed by atoms with E-state index in [1.807, 2.05) is 84.9 Å². The van der Waals surface area contributed by atoms with Crippen LogP contribution in [0.2, 0.25) is 0 Å². The van der Waals surface area contributed by atoms with Crippen molar-refractivity contribution in [3.63, 3.8) is 0 Å². The minimum Gasteiger partial charge on any atom is -0.423 e. The molecule has 0 amide bonds. The van der Waals surface area contributed by atoms with Gasteiger partial charge in [-0.05, 0) is 218 Å². The maximum atomic E-state index is 9.24. The Hall–Kier alpha value is -9.68. The van der Waals surface area contributed by atoms with Crippen molar-refractivity contribution < 1.29 is 20.1 Å². The quantitative estimate of drug-likeness (QED) is 0.0855. The van der Waals surface area contributed by atoms with Gasteiger partial charge < -0.3 is 33.8 Å². The average Bonchev–Trinajstić information content (AvgIpc) is 1.60. The van der Waals surface area contributed by atoms with Gasteiger partial charge in [0.05, 0.1) is 33.1 Å². The predicted molar refractivity (Wildman–Crippen MR) is 460 cm³/mol. The Bertz CT molecular complexity index is 5620. The molecule has 0 aliphatic rings. The number of hydrogen-bond donors (Lipinski definition) is 4. The second kappa shape index (κ2) is 33.0. The van der Waals surface area contributed by atoms with Crippen LogP contribution in [0.5, 0.6) is 0 Å². The van der Waals surface area contributed by atoms with Gasteiger partial charge in [-0.25, -0.2) is 0 Å². The van der Waals surface area contributed by atoms with Crippen molar-refractivity contribution >= 4 is 177 Å². The van der Waals surface area contributed by atoms with Crippen LogP contribution in [0, 0.1) is 3.57 Å². The summed E-state index contributed by atoms with van der Waals surface area (Å²) in [7, 11) is -2.85. The fourth-order valence-electron chi connectivity index (χ4n) is 13.3. The minimum absolute atomic E-state index is 0.464. The first kappa shape index (κ1) is 71.3. The van der Waals surface area contributed by atoms with Gasteiger partial charge in [0.2, 0.25) is 0 Å². The van der Waals surface area contributed by atoms with E-state index in [4.69, 9.17) is 10.0 Å². The van der Waals surface area contributed by atoms with Crippen LogP contribution in [0.3, 0.4) is 0 Å². The minimum atomic E-state index is -1.44. The second-order valence-corrected chi connectivity index (χ2v) is 29.6. The molecule has 0 bridgehead atoms. The Labute approximate surface area is 651 Å². The molecule has 0 saturated heterocycles. The third-order valence-electron chi connectivity index (χ3n) is 18.0.